The van der Waals surface area contributed by atoms with Crippen LogP contribution in [-0.4, -0.2) is 16.1 Å². The smallest absolute Gasteiger partial charge is 0.204 e. The number of benzene rings is 1. The van der Waals surface area contributed by atoms with Gasteiger partial charge >= 0.3 is 0 Å². The number of aromatic nitrogens is 2. The van der Waals surface area contributed by atoms with Crippen LogP contribution in [0.3, 0.4) is 0 Å². The third-order valence-corrected chi connectivity index (χ3v) is 2.62. The first-order chi connectivity index (χ1) is 8.22. The molecule has 17 heavy (non-hydrogen) atoms. The fourth-order valence-corrected chi connectivity index (χ4v) is 1.88. The van der Waals surface area contributed by atoms with Gasteiger partial charge in [-0.3, -0.25) is 0 Å². The quantitative estimate of drug-likeness (QED) is 0.796. The minimum atomic E-state index is 0.812. The molecule has 0 radical (unpaired) electrons. The van der Waals surface area contributed by atoms with Crippen molar-refractivity contribution in [2.45, 2.75) is 26.8 Å². The highest BCUT2D eigenvalue weighted by Crippen LogP contribution is 2.20. The molecular formula is C14H19N3. The zero-order valence-corrected chi connectivity index (χ0v) is 10.5. The van der Waals surface area contributed by atoms with Crippen molar-refractivity contribution in [1.29, 1.82) is 0 Å². The summed E-state index contributed by atoms with van der Waals surface area (Å²) in [7, 11) is 0. The first-order valence-electron chi connectivity index (χ1n) is 6.06. The summed E-state index contributed by atoms with van der Waals surface area (Å²) in [5, 5.41) is 3.37. The summed E-state index contributed by atoms with van der Waals surface area (Å²) in [6.45, 7) is 9.93. The molecule has 3 heteroatoms. The van der Waals surface area contributed by atoms with Gasteiger partial charge in [0.25, 0.3) is 0 Å². The maximum absolute atomic E-state index is 4.61. The van der Waals surface area contributed by atoms with Gasteiger partial charge in [0.05, 0.1) is 11.0 Å². The summed E-state index contributed by atoms with van der Waals surface area (Å²) in [4.78, 5) is 4.61. The standard InChI is InChI=1S/C14H19N3/c1-4-9-15-14-16-12-7-5-6-8-13(12)17(14)10-11(2)3/h5-8H,2,4,9-10H2,1,3H3,(H,15,16). The Hall–Kier alpha value is -1.77. The molecule has 1 heterocycles. The molecule has 0 aliphatic carbocycles. The lowest BCUT2D eigenvalue weighted by atomic mass is 10.3. The summed E-state index contributed by atoms with van der Waals surface area (Å²) < 4.78 is 2.19. The van der Waals surface area contributed by atoms with Crippen molar-refractivity contribution in [1.82, 2.24) is 9.55 Å². The lowest BCUT2D eigenvalue weighted by Crippen LogP contribution is -2.08. The second kappa shape index (κ2) is 5.04. The summed E-state index contributed by atoms with van der Waals surface area (Å²) in [6, 6.07) is 8.20. The topological polar surface area (TPSA) is 29.9 Å². The first kappa shape index (κ1) is 11.7. The summed E-state index contributed by atoms with van der Waals surface area (Å²) in [6.07, 6.45) is 1.09. The normalized spacial score (nSPS) is 10.7. The molecule has 0 aliphatic heterocycles. The Bertz CT molecular complexity index is 525. The Balaban J connectivity index is 2.44. The number of anilines is 1. The number of nitrogens with one attached hydrogen (secondary N) is 1. The molecule has 0 amide bonds. The molecule has 0 aliphatic rings. The van der Waals surface area contributed by atoms with Crippen LogP contribution in [0.5, 0.6) is 0 Å². The number of rotatable bonds is 5. The minimum absolute atomic E-state index is 0.812. The second-order valence-corrected chi connectivity index (χ2v) is 4.39. The maximum atomic E-state index is 4.61. The number of fused-ring (bicyclic) bond motifs is 1. The van der Waals surface area contributed by atoms with Crippen LogP contribution in [0, 0.1) is 0 Å². The van der Waals surface area contributed by atoms with E-state index in [9.17, 15) is 0 Å². The Kier molecular flexibility index (Phi) is 3.47. The van der Waals surface area contributed by atoms with Gasteiger partial charge in [-0.25, -0.2) is 4.98 Å². The van der Waals surface area contributed by atoms with Gasteiger partial charge in [0.1, 0.15) is 0 Å². The largest absolute Gasteiger partial charge is 0.356 e. The molecule has 0 atom stereocenters. The highest BCUT2D eigenvalue weighted by Gasteiger charge is 2.09. The van der Waals surface area contributed by atoms with Crippen LogP contribution in [0.1, 0.15) is 20.3 Å². The first-order valence-corrected chi connectivity index (χ1v) is 6.06. The van der Waals surface area contributed by atoms with Crippen molar-refractivity contribution < 1.29 is 0 Å². The molecule has 2 rings (SSSR count). The average molecular weight is 229 g/mol. The molecule has 1 aromatic heterocycles. The fraction of sp³-hybridized carbons (Fsp3) is 0.357. The van der Waals surface area contributed by atoms with E-state index >= 15 is 0 Å². The van der Waals surface area contributed by atoms with Gasteiger partial charge < -0.3 is 9.88 Å². The second-order valence-electron chi connectivity index (χ2n) is 4.39. The lowest BCUT2D eigenvalue weighted by molar-refractivity contribution is 0.805. The van der Waals surface area contributed by atoms with E-state index in [1.807, 2.05) is 25.1 Å². The van der Waals surface area contributed by atoms with E-state index in [2.05, 4.69) is 34.4 Å². The van der Waals surface area contributed by atoms with Crippen LogP contribution in [0.4, 0.5) is 5.95 Å². The number of allylic oxidation sites excluding steroid dienone is 1. The molecule has 90 valence electrons. The van der Waals surface area contributed by atoms with Crippen molar-refractivity contribution in [3.63, 3.8) is 0 Å². The van der Waals surface area contributed by atoms with Crippen LogP contribution in [0.2, 0.25) is 0 Å². The van der Waals surface area contributed by atoms with Gasteiger partial charge in [-0.2, -0.15) is 0 Å². The average Bonchev–Trinajstić information content (AvgIpc) is 2.64. The van der Waals surface area contributed by atoms with Gasteiger partial charge in [0, 0.05) is 13.1 Å². The van der Waals surface area contributed by atoms with Crippen molar-refractivity contribution >= 4 is 17.0 Å². The van der Waals surface area contributed by atoms with Crippen molar-refractivity contribution in [3.8, 4) is 0 Å². The van der Waals surface area contributed by atoms with Crippen molar-refractivity contribution in [2.24, 2.45) is 0 Å². The van der Waals surface area contributed by atoms with Gasteiger partial charge in [0.2, 0.25) is 5.95 Å². The van der Waals surface area contributed by atoms with Crippen LogP contribution in [0.25, 0.3) is 11.0 Å². The Morgan fingerprint density at radius 1 is 1.41 bits per heavy atom. The lowest BCUT2D eigenvalue weighted by Gasteiger charge is -2.09. The molecule has 0 saturated carbocycles. The van der Waals surface area contributed by atoms with Crippen LogP contribution in [0.15, 0.2) is 36.4 Å². The molecule has 0 spiro atoms. The summed E-state index contributed by atoms with van der Waals surface area (Å²) in [5.74, 6) is 0.941. The van der Waals surface area contributed by atoms with Gasteiger partial charge in [-0.05, 0) is 25.5 Å². The molecule has 1 N–H and O–H groups in total. The number of para-hydroxylation sites is 2. The fourth-order valence-electron chi connectivity index (χ4n) is 1.88. The third-order valence-electron chi connectivity index (χ3n) is 2.62. The molecular weight excluding hydrogens is 210 g/mol. The molecule has 2 aromatic rings. The number of imidazole rings is 1. The zero-order valence-electron chi connectivity index (χ0n) is 10.5. The monoisotopic (exact) mass is 229 g/mol. The van der Waals surface area contributed by atoms with E-state index in [1.165, 1.54) is 0 Å². The SMILES string of the molecule is C=C(C)Cn1c(NCCC)nc2ccccc21. The van der Waals surface area contributed by atoms with Crippen LogP contribution < -0.4 is 5.32 Å². The Morgan fingerprint density at radius 3 is 2.88 bits per heavy atom. The Morgan fingerprint density at radius 2 is 2.18 bits per heavy atom. The summed E-state index contributed by atoms with van der Waals surface area (Å²) >= 11 is 0. The number of hydrogen-bond acceptors (Lipinski definition) is 2. The van der Waals surface area contributed by atoms with E-state index in [4.69, 9.17) is 0 Å². The molecule has 0 saturated heterocycles. The molecule has 0 fully saturated rings. The predicted molar refractivity (Wildman–Crippen MR) is 73.3 cm³/mol. The van der Waals surface area contributed by atoms with Crippen LogP contribution >= 0.6 is 0 Å². The Labute approximate surface area is 102 Å². The van der Waals surface area contributed by atoms with E-state index in [-0.39, 0.29) is 0 Å². The highest BCUT2D eigenvalue weighted by atomic mass is 15.2. The summed E-state index contributed by atoms with van der Waals surface area (Å²) in [5.41, 5.74) is 3.33. The van der Waals surface area contributed by atoms with Crippen molar-refractivity contribution in [3.05, 3.63) is 36.4 Å². The molecule has 3 nitrogen and oxygen atoms in total. The van der Waals surface area contributed by atoms with E-state index in [0.717, 1.165) is 42.1 Å². The highest BCUT2D eigenvalue weighted by molar-refractivity contribution is 5.78. The minimum Gasteiger partial charge on any atom is -0.356 e. The van der Waals surface area contributed by atoms with Gasteiger partial charge in [0.15, 0.2) is 0 Å². The van der Waals surface area contributed by atoms with E-state index in [1.54, 1.807) is 0 Å². The molecule has 1 aromatic carbocycles. The van der Waals surface area contributed by atoms with E-state index < -0.39 is 0 Å². The number of hydrogen-bond donors (Lipinski definition) is 1. The van der Waals surface area contributed by atoms with Crippen molar-refractivity contribution in [2.75, 3.05) is 11.9 Å². The third kappa shape index (κ3) is 2.49. The van der Waals surface area contributed by atoms with Gasteiger partial charge in [-0.15, -0.1) is 0 Å². The van der Waals surface area contributed by atoms with Crippen LogP contribution in [-0.2, 0) is 6.54 Å². The predicted octanol–water partition coefficient (Wildman–Crippen LogP) is 3.43. The van der Waals surface area contributed by atoms with E-state index in [0.29, 0.717) is 0 Å². The zero-order chi connectivity index (χ0) is 12.3. The van der Waals surface area contributed by atoms with Gasteiger partial charge in [-0.1, -0.05) is 31.2 Å². The molecule has 0 bridgehead atoms. The molecule has 0 unspecified atom stereocenters. The maximum Gasteiger partial charge on any atom is 0.204 e. The number of nitrogens with zero attached hydrogens (tertiary/aromatic N) is 2.